The maximum atomic E-state index is 12.5. The maximum Gasteiger partial charge on any atom is 0.255 e. The SMILES string of the molecule is C#C/C=C(C)\C=C/C.CC(=O)Nc1ccc2ccccc2c1NC(=O)c1ccc(O)cc1. The number of rotatable bonds is 4. The van der Waals surface area contributed by atoms with Crippen LogP contribution < -0.4 is 10.6 Å². The van der Waals surface area contributed by atoms with E-state index in [-0.39, 0.29) is 17.6 Å². The summed E-state index contributed by atoms with van der Waals surface area (Å²) in [4.78, 5) is 23.9. The van der Waals surface area contributed by atoms with Crippen molar-refractivity contribution in [2.45, 2.75) is 20.8 Å². The van der Waals surface area contributed by atoms with Crippen molar-refractivity contribution in [2.24, 2.45) is 0 Å². The monoisotopic (exact) mass is 426 g/mol. The molecule has 0 fully saturated rings. The summed E-state index contributed by atoms with van der Waals surface area (Å²) in [5, 5.41) is 16.7. The van der Waals surface area contributed by atoms with Crippen LogP contribution in [0.5, 0.6) is 5.75 Å². The smallest absolute Gasteiger partial charge is 0.255 e. The molecule has 0 saturated carbocycles. The Morgan fingerprint density at radius 3 is 2.28 bits per heavy atom. The molecule has 3 rings (SSSR count). The predicted molar refractivity (Wildman–Crippen MR) is 132 cm³/mol. The van der Waals surface area contributed by atoms with E-state index in [0.717, 1.165) is 16.3 Å². The molecule has 2 amide bonds. The Hall–Kier alpha value is -4.30. The molecule has 0 heterocycles. The number of nitrogens with one attached hydrogen (secondary N) is 2. The number of hydrogen-bond donors (Lipinski definition) is 3. The summed E-state index contributed by atoms with van der Waals surface area (Å²) in [6.07, 6.45) is 10.7. The van der Waals surface area contributed by atoms with Crippen LogP contribution in [0.3, 0.4) is 0 Å². The van der Waals surface area contributed by atoms with Crippen molar-refractivity contribution in [3.63, 3.8) is 0 Å². The van der Waals surface area contributed by atoms with Crippen molar-refractivity contribution in [1.29, 1.82) is 0 Å². The van der Waals surface area contributed by atoms with Crippen LogP contribution >= 0.6 is 0 Å². The van der Waals surface area contributed by atoms with Gasteiger partial charge in [-0.2, -0.15) is 0 Å². The molecule has 3 aromatic rings. The van der Waals surface area contributed by atoms with E-state index in [1.807, 2.05) is 56.3 Å². The van der Waals surface area contributed by atoms with Gasteiger partial charge in [-0.25, -0.2) is 0 Å². The molecule has 5 heteroatoms. The zero-order valence-electron chi connectivity index (χ0n) is 18.3. The molecule has 0 atom stereocenters. The minimum Gasteiger partial charge on any atom is -0.508 e. The Morgan fingerprint density at radius 1 is 0.969 bits per heavy atom. The van der Waals surface area contributed by atoms with Crippen molar-refractivity contribution in [3.8, 4) is 18.1 Å². The molecule has 0 aliphatic rings. The van der Waals surface area contributed by atoms with Crippen LogP contribution in [-0.4, -0.2) is 16.9 Å². The first-order chi connectivity index (χ1) is 15.3. The fourth-order valence-corrected chi connectivity index (χ4v) is 2.94. The van der Waals surface area contributed by atoms with Crippen LogP contribution in [0.4, 0.5) is 11.4 Å². The van der Waals surface area contributed by atoms with E-state index in [4.69, 9.17) is 6.42 Å². The predicted octanol–water partition coefficient (Wildman–Crippen LogP) is 5.90. The lowest BCUT2D eigenvalue weighted by Gasteiger charge is -2.14. The Labute approximate surface area is 188 Å². The summed E-state index contributed by atoms with van der Waals surface area (Å²) in [6.45, 7) is 5.36. The van der Waals surface area contributed by atoms with E-state index in [1.165, 1.54) is 31.2 Å². The lowest BCUT2D eigenvalue weighted by molar-refractivity contribution is -0.114. The second kappa shape index (κ2) is 11.8. The van der Waals surface area contributed by atoms with Gasteiger partial charge in [0.1, 0.15) is 5.75 Å². The highest BCUT2D eigenvalue weighted by Gasteiger charge is 2.13. The van der Waals surface area contributed by atoms with E-state index in [9.17, 15) is 14.7 Å². The van der Waals surface area contributed by atoms with Crippen LogP contribution in [0.25, 0.3) is 10.8 Å². The summed E-state index contributed by atoms with van der Waals surface area (Å²) in [7, 11) is 0. The molecular weight excluding hydrogens is 400 g/mol. The van der Waals surface area contributed by atoms with Crippen LogP contribution in [0.1, 0.15) is 31.1 Å². The van der Waals surface area contributed by atoms with Gasteiger partial charge < -0.3 is 15.7 Å². The van der Waals surface area contributed by atoms with Gasteiger partial charge in [0.25, 0.3) is 5.91 Å². The van der Waals surface area contributed by atoms with Gasteiger partial charge in [0.15, 0.2) is 0 Å². The van der Waals surface area contributed by atoms with Gasteiger partial charge in [0.2, 0.25) is 5.91 Å². The molecule has 0 saturated heterocycles. The number of allylic oxidation sites excluding steroid dienone is 4. The van der Waals surface area contributed by atoms with Gasteiger partial charge in [-0.15, -0.1) is 6.42 Å². The minimum absolute atomic E-state index is 0.0932. The molecule has 0 aliphatic heterocycles. The summed E-state index contributed by atoms with van der Waals surface area (Å²) < 4.78 is 0. The number of benzene rings is 3. The van der Waals surface area contributed by atoms with Crippen molar-refractivity contribution in [3.05, 3.63) is 90.0 Å². The number of fused-ring (bicyclic) bond motifs is 1. The molecule has 32 heavy (non-hydrogen) atoms. The number of carbonyl (C=O) groups is 2. The minimum atomic E-state index is -0.321. The van der Waals surface area contributed by atoms with Gasteiger partial charge >= 0.3 is 0 Å². The molecule has 162 valence electrons. The molecule has 0 spiro atoms. The van der Waals surface area contributed by atoms with Crippen molar-refractivity contribution in [1.82, 2.24) is 0 Å². The maximum absolute atomic E-state index is 12.5. The third-order valence-electron chi connectivity index (χ3n) is 4.35. The van der Waals surface area contributed by atoms with Crippen molar-refractivity contribution in [2.75, 3.05) is 10.6 Å². The molecular formula is C27H26N2O3. The van der Waals surface area contributed by atoms with Gasteiger partial charge in [0, 0.05) is 17.9 Å². The van der Waals surface area contributed by atoms with Gasteiger partial charge in [-0.3, -0.25) is 9.59 Å². The molecule has 3 N–H and O–H groups in total. The summed E-state index contributed by atoms with van der Waals surface area (Å²) in [5.41, 5.74) is 2.61. The second-order valence-electron chi connectivity index (χ2n) is 6.95. The van der Waals surface area contributed by atoms with Crippen LogP contribution in [0.15, 0.2) is 84.5 Å². The standard InChI is InChI=1S/C19H16N2O3.C8H10/c1-12(22)20-17-11-8-13-4-2-3-5-16(13)18(17)21-19(24)14-6-9-15(23)10-7-14;1-4-6-8(3)7-5-2/h2-11,23H,1H3,(H,20,22)(H,21,24);1,5-7H,2-3H3/b;7-5-,8-6-. The van der Waals surface area contributed by atoms with E-state index in [0.29, 0.717) is 16.9 Å². The number of amides is 2. The number of carbonyl (C=O) groups excluding carboxylic acids is 2. The summed E-state index contributed by atoms with van der Waals surface area (Å²) >= 11 is 0. The number of phenolic OH excluding ortho intramolecular Hbond substituents is 1. The number of phenols is 1. The van der Waals surface area contributed by atoms with Gasteiger partial charge in [-0.1, -0.05) is 48.4 Å². The van der Waals surface area contributed by atoms with E-state index >= 15 is 0 Å². The summed E-state index contributed by atoms with van der Waals surface area (Å²) in [6, 6.07) is 17.2. The van der Waals surface area contributed by atoms with E-state index in [1.54, 1.807) is 12.1 Å². The van der Waals surface area contributed by atoms with Crippen LogP contribution in [0, 0.1) is 12.3 Å². The Morgan fingerprint density at radius 2 is 1.66 bits per heavy atom. The highest BCUT2D eigenvalue weighted by atomic mass is 16.3. The average molecular weight is 427 g/mol. The molecule has 5 nitrogen and oxygen atoms in total. The Kier molecular flexibility index (Phi) is 8.82. The van der Waals surface area contributed by atoms with Crippen molar-refractivity contribution >= 4 is 34.0 Å². The average Bonchev–Trinajstić information content (AvgIpc) is 2.76. The van der Waals surface area contributed by atoms with E-state index in [2.05, 4.69) is 16.6 Å². The third-order valence-corrected chi connectivity index (χ3v) is 4.35. The first-order valence-electron chi connectivity index (χ1n) is 10.0. The molecule has 0 bridgehead atoms. The van der Waals surface area contributed by atoms with Crippen LogP contribution in [0.2, 0.25) is 0 Å². The zero-order valence-corrected chi connectivity index (χ0v) is 18.3. The Bertz CT molecular complexity index is 1200. The molecule has 0 radical (unpaired) electrons. The lowest BCUT2D eigenvalue weighted by Crippen LogP contribution is -2.15. The lowest BCUT2D eigenvalue weighted by atomic mass is 10.1. The number of anilines is 2. The third kappa shape index (κ3) is 6.89. The first-order valence-corrected chi connectivity index (χ1v) is 10.0. The fraction of sp³-hybridized carbons (Fsp3) is 0.111. The molecule has 0 aromatic heterocycles. The second-order valence-corrected chi connectivity index (χ2v) is 6.95. The number of aromatic hydroxyl groups is 1. The normalized spacial score (nSPS) is 10.8. The highest BCUT2D eigenvalue weighted by molar-refractivity contribution is 6.13. The van der Waals surface area contributed by atoms with Crippen LogP contribution in [-0.2, 0) is 4.79 Å². The number of hydrogen-bond acceptors (Lipinski definition) is 3. The molecule has 0 aliphatic carbocycles. The quantitative estimate of drug-likeness (QED) is 0.359. The first kappa shape index (κ1) is 24.0. The largest absolute Gasteiger partial charge is 0.508 e. The number of terminal acetylenes is 1. The topological polar surface area (TPSA) is 78.4 Å². The zero-order chi connectivity index (χ0) is 23.5. The van der Waals surface area contributed by atoms with Gasteiger partial charge in [-0.05, 0) is 61.2 Å². The van der Waals surface area contributed by atoms with E-state index < -0.39 is 0 Å². The molecule has 3 aromatic carbocycles. The molecule has 0 unspecified atom stereocenters. The van der Waals surface area contributed by atoms with Gasteiger partial charge in [0.05, 0.1) is 11.4 Å². The Balaban J connectivity index is 0.000000390. The summed E-state index contributed by atoms with van der Waals surface area (Å²) in [5.74, 6) is 1.99. The fourth-order valence-electron chi connectivity index (χ4n) is 2.94. The highest BCUT2D eigenvalue weighted by Crippen LogP contribution is 2.32. The van der Waals surface area contributed by atoms with Crippen molar-refractivity contribution < 1.29 is 14.7 Å².